The number of aromatic nitrogens is 1. The van der Waals surface area contributed by atoms with Gasteiger partial charge in [-0.25, -0.2) is 4.98 Å². The van der Waals surface area contributed by atoms with Crippen molar-refractivity contribution in [3.8, 4) is 0 Å². The van der Waals surface area contributed by atoms with E-state index < -0.39 is 0 Å². The van der Waals surface area contributed by atoms with Crippen LogP contribution in [0.5, 0.6) is 0 Å². The van der Waals surface area contributed by atoms with E-state index in [1.807, 2.05) is 5.38 Å². The molecule has 4 rings (SSSR count). The summed E-state index contributed by atoms with van der Waals surface area (Å²) in [6.07, 6.45) is 3.38. The molecule has 1 aromatic heterocycles. The quantitative estimate of drug-likeness (QED) is 0.776. The van der Waals surface area contributed by atoms with Crippen LogP contribution in [0, 0.1) is 0 Å². The fraction of sp³-hybridized carbons (Fsp3) is 0.308. The molecule has 1 atom stereocenters. The molecule has 17 heavy (non-hydrogen) atoms. The van der Waals surface area contributed by atoms with E-state index in [4.69, 9.17) is 5.11 Å². The number of aliphatic hydroxyl groups excluding tert-OH is 1. The second-order valence-corrected chi connectivity index (χ2v) is 4.95. The number of halogens is 1. The van der Waals surface area contributed by atoms with Crippen LogP contribution in [-0.2, 0) is 12.8 Å². The lowest BCUT2D eigenvalue weighted by Crippen LogP contribution is -2.02. The van der Waals surface area contributed by atoms with Gasteiger partial charge in [0.1, 0.15) is 0 Å². The monoisotopic (exact) mass is 269 g/mol. The molecule has 0 fully saturated rings. The highest BCUT2D eigenvalue weighted by atomic mass is 35.5. The number of rotatable bonds is 2. The van der Waals surface area contributed by atoms with Gasteiger partial charge in [-0.15, -0.1) is 23.7 Å². The molecule has 0 saturated carbocycles. The van der Waals surface area contributed by atoms with E-state index in [1.54, 1.807) is 24.5 Å². The molecular weight excluding hydrogens is 254 g/mol. The SMILES string of the molecule is CC(O)Cc1nccs1.Cl.c1cc2cc(c1)C2. The molecule has 0 radical (unpaired) electrons. The predicted molar refractivity (Wildman–Crippen MR) is 74.0 cm³/mol. The first-order valence-electron chi connectivity index (χ1n) is 5.38. The minimum Gasteiger partial charge on any atom is -0.393 e. The summed E-state index contributed by atoms with van der Waals surface area (Å²) in [5, 5.41) is 11.8. The molecule has 2 bridgehead atoms. The summed E-state index contributed by atoms with van der Waals surface area (Å²) in [6.45, 7) is 1.77. The number of hydrogen-bond donors (Lipinski definition) is 1. The molecule has 1 N–H and O–H groups in total. The van der Waals surface area contributed by atoms with Crippen molar-refractivity contribution < 1.29 is 5.11 Å². The Morgan fingerprint density at radius 2 is 2.06 bits per heavy atom. The van der Waals surface area contributed by atoms with Crippen molar-refractivity contribution in [1.82, 2.24) is 4.98 Å². The van der Waals surface area contributed by atoms with E-state index in [2.05, 4.69) is 29.2 Å². The zero-order chi connectivity index (χ0) is 11.4. The van der Waals surface area contributed by atoms with E-state index in [-0.39, 0.29) is 18.5 Å². The number of fused-ring (bicyclic) bond motifs is 2. The summed E-state index contributed by atoms with van der Waals surface area (Å²) >= 11 is 1.58. The molecule has 2 aliphatic rings. The van der Waals surface area contributed by atoms with Gasteiger partial charge < -0.3 is 5.11 Å². The Hall–Kier alpha value is -0.900. The van der Waals surface area contributed by atoms with E-state index in [9.17, 15) is 0 Å². The minimum absolute atomic E-state index is 0. The molecule has 0 amide bonds. The molecular formula is C13H16ClNOS. The normalized spacial score (nSPS) is 12.6. The second-order valence-electron chi connectivity index (χ2n) is 3.98. The maximum Gasteiger partial charge on any atom is 0.0950 e. The number of nitrogens with zero attached hydrogens (tertiary/aromatic N) is 1. The predicted octanol–water partition coefficient (Wildman–Crippen LogP) is 3.08. The van der Waals surface area contributed by atoms with Crippen molar-refractivity contribution in [2.45, 2.75) is 25.9 Å². The van der Waals surface area contributed by atoms with Crippen molar-refractivity contribution >= 4 is 23.7 Å². The zero-order valence-electron chi connectivity index (χ0n) is 9.67. The summed E-state index contributed by atoms with van der Waals surface area (Å²) in [5.74, 6) is 0. The van der Waals surface area contributed by atoms with E-state index in [1.165, 1.54) is 17.5 Å². The molecule has 2 aromatic rings. The molecule has 1 aromatic carbocycles. The van der Waals surface area contributed by atoms with E-state index >= 15 is 0 Å². The molecule has 0 saturated heterocycles. The smallest absolute Gasteiger partial charge is 0.0950 e. The lowest BCUT2D eigenvalue weighted by atomic mass is 9.94. The first-order valence-corrected chi connectivity index (χ1v) is 6.26. The summed E-state index contributed by atoms with van der Waals surface area (Å²) in [4.78, 5) is 4.01. The maximum absolute atomic E-state index is 8.89. The highest BCUT2D eigenvalue weighted by Gasteiger charge is 2.04. The van der Waals surface area contributed by atoms with Crippen molar-refractivity contribution in [1.29, 1.82) is 0 Å². The third-order valence-corrected chi connectivity index (χ3v) is 3.16. The minimum atomic E-state index is -0.267. The number of aliphatic hydroxyl groups is 1. The van der Waals surface area contributed by atoms with Crippen molar-refractivity contribution in [3.63, 3.8) is 0 Å². The van der Waals surface area contributed by atoms with Crippen LogP contribution >= 0.6 is 23.7 Å². The molecule has 2 aliphatic carbocycles. The Bertz CT molecular complexity index is 418. The lowest BCUT2D eigenvalue weighted by Gasteiger charge is -2.11. The topological polar surface area (TPSA) is 33.1 Å². The van der Waals surface area contributed by atoms with Gasteiger partial charge in [-0.3, -0.25) is 0 Å². The maximum atomic E-state index is 8.89. The highest BCUT2D eigenvalue weighted by Crippen LogP contribution is 2.18. The first kappa shape index (κ1) is 14.2. The molecule has 4 heteroatoms. The van der Waals surface area contributed by atoms with Gasteiger partial charge in [0.25, 0.3) is 0 Å². The van der Waals surface area contributed by atoms with Gasteiger partial charge in [0.15, 0.2) is 0 Å². The summed E-state index contributed by atoms with van der Waals surface area (Å²) in [6, 6.07) is 8.65. The summed E-state index contributed by atoms with van der Waals surface area (Å²) in [5.41, 5.74) is 2.97. The van der Waals surface area contributed by atoms with Gasteiger partial charge in [-0.05, 0) is 24.5 Å². The Labute approximate surface area is 112 Å². The average Bonchev–Trinajstić information content (AvgIpc) is 2.70. The highest BCUT2D eigenvalue weighted by molar-refractivity contribution is 7.09. The van der Waals surface area contributed by atoms with Crippen LogP contribution in [-0.4, -0.2) is 16.2 Å². The molecule has 2 nitrogen and oxygen atoms in total. The molecule has 1 unspecified atom stereocenters. The molecule has 92 valence electrons. The van der Waals surface area contributed by atoms with E-state index in [0.717, 1.165) is 5.01 Å². The number of thiazole rings is 1. The van der Waals surface area contributed by atoms with Crippen molar-refractivity contribution in [2.24, 2.45) is 0 Å². The van der Waals surface area contributed by atoms with Gasteiger partial charge in [0.05, 0.1) is 11.1 Å². The molecule has 0 aliphatic heterocycles. The largest absolute Gasteiger partial charge is 0.393 e. The van der Waals surface area contributed by atoms with Crippen LogP contribution < -0.4 is 0 Å². The van der Waals surface area contributed by atoms with Gasteiger partial charge >= 0.3 is 0 Å². The molecule has 0 spiro atoms. The third kappa shape index (κ3) is 4.46. The third-order valence-electron chi connectivity index (χ3n) is 2.35. The van der Waals surface area contributed by atoms with Crippen LogP contribution in [0.1, 0.15) is 23.1 Å². The van der Waals surface area contributed by atoms with Gasteiger partial charge in [0.2, 0.25) is 0 Å². The Kier molecular flexibility index (Phi) is 5.62. The lowest BCUT2D eigenvalue weighted by molar-refractivity contribution is 0.195. The van der Waals surface area contributed by atoms with Crippen molar-refractivity contribution in [2.75, 3.05) is 0 Å². The summed E-state index contributed by atoms with van der Waals surface area (Å²) in [7, 11) is 0. The zero-order valence-corrected chi connectivity index (χ0v) is 11.3. The van der Waals surface area contributed by atoms with Gasteiger partial charge in [-0.1, -0.05) is 24.3 Å². The van der Waals surface area contributed by atoms with Crippen LogP contribution in [0.3, 0.4) is 0 Å². The number of benzene rings is 1. The fourth-order valence-electron chi connectivity index (χ4n) is 1.56. The summed E-state index contributed by atoms with van der Waals surface area (Å²) < 4.78 is 0. The fourth-order valence-corrected chi connectivity index (χ4v) is 2.30. The van der Waals surface area contributed by atoms with Crippen LogP contribution in [0.25, 0.3) is 0 Å². The van der Waals surface area contributed by atoms with Crippen molar-refractivity contribution in [3.05, 3.63) is 52.0 Å². The number of hydrogen-bond acceptors (Lipinski definition) is 3. The van der Waals surface area contributed by atoms with Gasteiger partial charge in [0, 0.05) is 18.0 Å². The van der Waals surface area contributed by atoms with Gasteiger partial charge in [-0.2, -0.15) is 0 Å². The Balaban J connectivity index is 0.000000164. The van der Waals surface area contributed by atoms with Crippen LogP contribution in [0.15, 0.2) is 35.8 Å². The Morgan fingerprint density at radius 3 is 2.35 bits per heavy atom. The first-order chi connectivity index (χ1) is 7.74. The average molecular weight is 270 g/mol. The standard InChI is InChI=1S/C7H6.C6H9NOS.ClH/c1-2-6-4-7(3-1)5-6;1-5(8)4-6-7-2-3-9-6;/h1-4H,5H2;2-3,5,8H,4H2,1H3;1H. The van der Waals surface area contributed by atoms with E-state index in [0.29, 0.717) is 6.42 Å². The Morgan fingerprint density at radius 1 is 1.41 bits per heavy atom. The van der Waals surface area contributed by atoms with Crippen LogP contribution in [0.2, 0.25) is 0 Å². The second kappa shape index (κ2) is 6.74. The molecule has 1 heterocycles. The van der Waals surface area contributed by atoms with Crippen LogP contribution in [0.4, 0.5) is 0 Å².